The molecule has 0 bridgehead atoms. The summed E-state index contributed by atoms with van der Waals surface area (Å²) in [5.41, 5.74) is 0. The topological polar surface area (TPSA) is 28.2 Å². The lowest BCUT2D eigenvalue weighted by atomic mass is 10.2. The lowest BCUT2D eigenvalue weighted by molar-refractivity contribution is 0.637. The number of hydrogen-bond donors (Lipinski definition) is 1. The summed E-state index contributed by atoms with van der Waals surface area (Å²) in [4.78, 5) is 6.89. The first kappa shape index (κ1) is 14.7. The number of nitrogens with one attached hydrogen (secondary N) is 1. The highest BCUT2D eigenvalue weighted by molar-refractivity contribution is 6.37. The van der Waals surface area contributed by atoms with Gasteiger partial charge in [-0.05, 0) is 45.6 Å². The SMILES string of the molecule is CCNc1nc(N(CC2CC2)C(C)C)c(Cl)cc1Cl. The molecule has 1 saturated carbocycles. The summed E-state index contributed by atoms with van der Waals surface area (Å²) in [5.74, 6) is 2.34. The molecule has 0 unspecified atom stereocenters. The van der Waals surface area contributed by atoms with Crippen molar-refractivity contribution in [2.75, 3.05) is 23.3 Å². The molecule has 19 heavy (non-hydrogen) atoms. The van der Waals surface area contributed by atoms with Gasteiger partial charge in [0, 0.05) is 19.1 Å². The van der Waals surface area contributed by atoms with Crippen LogP contribution >= 0.6 is 23.2 Å². The molecule has 0 radical (unpaired) electrons. The Kier molecular flexibility index (Phi) is 4.80. The largest absolute Gasteiger partial charge is 0.369 e. The van der Waals surface area contributed by atoms with Crippen molar-refractivity contribution in [2.24, 2.45) is 5.92 Å². The van der Waals surface area contributed by atoms with E-state index in [0.29, 0.717) is 21.9 Å². The highest BCUT2D eigenvalue weighted by atomic mass is 35.5. The van der Waals surface area contributed by atoms with Crippen molar-refractivity contribution in [3.05, 3.63) is 16.1 Å². The maximum absolute atomic E-state index is 6.33. The number of aromatic nitrogens is 1. The molecule has 1 fully saturated rings. The van der Waals surface area contributed by atoms with Gasteiger partial charge in [0.15, 0.2) is 0 Å². The van der Waals surface area contributed by atoms with E-state index in [-0.39, 0.29) is 0 Å². The van der Waals surface area contributed by atoms with E-state index in [1.54, 1.807) is 6.07 Å². The van der Waals surface area contributed by atoms with Crippen LogP contribution in [0.1, 0.15) is 33.6 Å². The lowest BCUT2D eigenvalue weighted by Gasteiger charge is -2.29. The third-order valence-electron chi connectivity index (χ3n) is 3.30. The fraction of sp³-hybridized carbons (Fsp3) is 0.643. The molecule has 0 atom stereocenters. The molecule has 1 aromatic heterocycles. The highest BCUT2D eigenvalue weighted by Crippen LogP contribution is 2.36. The normalized spacial score (nSPS) is 14.8. The second-order valence-electron chi connectivity index (χ2n) is 5.34. The Morgan fingerprint density at radius 1 is 1.37 bits per heavy atom. The molecule has 0 saturated heterocycles. The molecule has 1 aliphatic carbocycles. The predicted octanol–water partition coefficient (Wildman–Crippen LogP) is 4.45. The van der Waals surface area contributed by atoms with Gasteiger partial charge in [-0.15, -0.1) is 0 Å². The summed E-state index contributed by atoms with van der Waals surface area (Å²) < 4.78 is 0. The first-order valence-electron chi connectivity index (χ1n) is 6.89. The molecule has 5 heteroatoms. The van der Waals surface area contributed by atoms with E-state index >= 15 is 0 Å². The number of hydrogen-bond acceptors (Lipinski definition) is 3. The standard InChI is InChI=1S/C14H21Cl2N3/c1-4-17-13-11(15)7-12(16)14(18-13)19(9(2)3)8-10-5-6-10/h7,9-10H,4-6,8H2,1-3H3,(H,17,18). The third kappa shape index (κ3) is 3.67. The van der Waals surface area contributed by atoms with Crippen LogP contribution in [0.25, 0.3) is 0 Å². The van der Waals surface area contributed by atoms with Crippen LogP contribution in [0, 0.1) is 5.92 Å². The fourth-order valence-corrected chi connectivity index (χ4v) is 2.60. The number of nitrogens with zero attached hydrogens (tertiary/aromatic N) is 2. The van der Waals surface area contributed by atoms with E-state index in [1.165, 1.54) is 12.8 Å². The van der Waals surface area contributed by atoms with Crippen molar-refractivity contribution >= 4 is 34.8 Å². The van der Waals surface area contributed by atoms with Crippen LogP contribution in [0.15, 0.2) is 6.07 Å². The molecule has 106 valence electrons. The lowest BCUT2D eigenvalue weighted by Crippen LogP contribution is -2.33. The number of halogens is 2. The van der Waals surface area contributed by atoms with E-state index in [0.717, 1.165) is 24.8 Å². The quantitative estimate of drug-likeness (QED) is 0.841. The Morgan fingerprint density at radius 2 is 2.05 bits per heavy atom. The summed E-state index contributed by atoms with van der Waals surface area (Å²) in [6.45, 7) is 8.18. The summed E-state index contributed by atoms with van der Waals surface area (Å²) in [6.07, 6.45) is 2.63. The second-order valence-corrected chi connectivity index (χ2v) is 6.16. The van der Waals surface area contributed by atoms with Gasteiger partial charge in [0.2, 0.25) is 0 Å². The molecule has 0 aromatic carbocycles. The molecule has 1 aromatic rings. The van der Waals surface area contributed by atoms with Crippen LogP contribution in [-0.4, -0.2) is 24.1 Å². The number of pyridine rings is 1. The zero-order valence-electron chi connectivity index (χ0n) is 11.7. The van der Waals surface area contributed by atoms with Crippen molar-refractivity contribution in [1.82, 2.24) is 4.98 Å². The zero-order valence-corrected chi connectivity index (χ0v) is 13.2. The van der Waals surface area contributed by atoms with Crippen molar-refractivity contribution < 1.29 is 0 Å². The Bertz CT molecular complexity index is 445. The molecule has 2 rings (SSSR count). The van der Waals surface area contributed by atoms with E-state index in [2.05, 4.69) is 29.0 Å². The molecule has 3 nitrogen and oxygen atoms in total. The van der Waals surface area contributed by atoms with Crippen LogP contribution in [0.3, 0.4) is 0 Å². The van der Waals surface area contributed by atoms with Crippen molar-refractivity contribution in [3.8, 4) is 0 Å². The summed E-state index contributed by atoms with van der Waals surface area (Å²) in [7, 11) is 0. The van der Waals surface area contributed by atoms with Crippen LogP contribution in [0.4, 0.5) is 11.6 Å². The number of rotatable bonds is 6. The van der Waals surface area contributed by atoms with Gasteiger partial charge in [0.1, 0.15) is 11.6 Å². The fourth-order valence-electron chi connectivity index (χ4n) is 2.07. The summed E-state index contributed by atoms with van der Waals surface area (Å²) in [6, 6.07) is 2.16. The van der Waals surface area contributed by atoms with Crippen molar-refractivity contribution in [2.45, 2.75) is 39.7 Å². The Labute approximate surface area is 125 Å². The van der Waals surface area contributed by atoms with Crippen molar-refractivity contribution in [1.29, 1.82) is 0 Å². The van der Waals surface area contributed by atoms with Gasteiger partial charge in [-0.1, -0.05) is 23.2 Å². The van der Waals surface area contributed by atoms with Gasteiger partial charge in [0.25, 0.3) is 0 Å². The van der Waals surface area contributed by atoms with Gasteiger partial charge >= 0.3 is 0 Å². The molecule has 1 N–H and O–H groups in total. The molecule has 1 heterocycles. The summed E-state index contributed by atoms with van der Waals surface area (Å²) >= 11 is 12.5. The first-order valence-corrected chi connectivity index (χ1v) is 7.65. The smallest absolute Gasteiger partial charge is 0.150 e. The Hall–Kier alpha value is -0.670. The van der Waals surface area contributed by atoms with Crippen LogP contribution in [-0.2, 0) is 0 Å². The molecule has 0 spiro atoms. The van der Waals surface area contributed by atoms with Crippen LogP contribution in [0.2, 0.25) is 10.0 Å². The van der Waals surface area contributed by atoms with Gasteiger partial charge in [0.05, 0.1) is 10.0 Å². The number of anilines is 2. The van der Waals surface area contributed by atoms with E-state index < -0.39 is 0 Å². The van der Waals surface area contributed by atoms with Crippen LogP contribution in [0.5, 0.6) is 0 Å². The average molecular weight is 302 g/mol. The molecular weight excluding hydrogens is 281 g/mol. The molecule has 1 aliphatic rings. The van der Waals surface area contributed by atoms with E-state index in [9.17, 15) is 0 Å². The molecule has 0 amide bonds. The monoisotopic (exact) mass is 301 g/mol. The van der Waals surface area contributed by atoms with E-state index in [1.807, 2.05) is 6.92 Å². The maximum Gasteiger partial charge on any atom is 0.150 e. The van der Waals surface area contributed by atoms with Crippen molar-refractivity contribution in [3.63, 3.8) is 0 Å². The minimum absolute atomic E-state index is 0.376. The minimum atomic E-state index is 0.376. The summed E-state index contributed by atoms with van der Waals surface area (Å²) in [5, 5.41) is 4.38. The molecular formula is C14H21Cl2N3. The Morgan fingerprint density at radius 3 is 2.58 bits per heavy atom. The van der Waals surface area contributed by atoms with E-state index in [4.69, 9.17) is 23.2 Å². The predicted molar refractivity (Wildman–Crippen MR) is 83.6 cm³/mol. The third-order valence-corrected chi connectivity index (χ3v) is 3.87. The zero-order chi connectivity index (χ0) is 14.0. The molecule has 0 aliphatic heterocycles. The Balaban J connectivity index is 2.31. The first-order chi connectivity index (χ1) is 9.02. The minimum Gasteiger partial charge on any atom is -0.369 e. The van der Waals surface area contributed by atoms with Gasteiger partial charge in [-0.25, -0.2) is 4.98 Å². The van der Waals surface area contributed by atoms with Gasteiger partial charge in [-0.3, -0.25) is 0 Å². The van der Waals surface area contributed by atoms with Gasteiger partial charge in [-0.2, -0.15) is 0 Å². The average Bonchev–Trinajstić information content (AvgIpc) is 3.14. The highest BCUT2D eigenvalue weighted by Gasteiger charge is 2.27. The van der Waals surface area contributed by atoms with Crippen LogP contribution < -0.4 is 10.2 Å². The van der Waals surface area contributed by atoms with Gasteiger partial charge < -0.3 is 10.2 Å². The maximum atomic E-state index is 6.33. The second kappa shape index (κ2) is 6.19.